The maximum Gasteiger partial charge on any atom is 0.337 e. The maximum atomic E-state index is 10.9. The average Bonchev–Trinajstić information content (AvgIpc) is 2.31. The smallest absolute Gasteiger partial charge is 0.337 e. The molecule has 1 aromatic carbocycles. The van der Waals surface area contributed by atoms with Crippen LogP contribution in [0.3, 0.4) is 0 Å². The van der Waals surface area contributed by atoms with Gasteiger partial charge in [-0.1, -0.05) is 33.6 Å². The van der Waals surface area contributed by atoms with E-state index in [1.54, 1.807) is 18.2 Å². The highest BCUT2D eigenvalue weighted by atomic mass is 79.9. The summed E-state index contributed by atoms with van der Waals surface area (Å²) >= 11 is 9.02. The van der Waals surface area contributed by atoms with Crippen molar-refractivity contribution in [2.24, 2.45) is 0 Å². The summed E-state index contributed by atoms with van der Waals surface area (Å²) in [7, 11) is 0. The molecule has 1 aromatic heterocycles. The predicted molar refractivity (Wildman–Crippen MR) is 70.4 cm³/mol. The van der Waals surface area contributed by atoms with Crippen molar-refractivity contribution in [2.75, 3.05) is 0 Å². The topological polar surface area (TPSA) is 59.4 Å². The molecule has 0 bridgehead atoms. The number of hydrogen-bond acceptors (Lipinski definition) is 3. The quantitative estimate of drug-likeness (QED) is 0.925. The number of carboxylic acid groups (broad SMARTS) is 1. The van der Waals surface area contributed by atoms with Crippen LogP contribution in [0.15, 0.2) is 41.0 Å². The van der Waals surface area contributed by atoms with Gasteiger partial charge in [-0.25, -0.2) is 9.78 Å². The van der Waals surface area contributed by atoms with E-state index in [0.29, 0.717) is 5.75 Å². The standard InChI is InChI=1S/C12H7BrClNO3/c13-7-2-1-3-8(4-7)18-11-5-9(12(16)17)10(14)6-15-11/h1-6H,(H,16,17). The number of hydrogen-bond donors (Lipinski definition) is 1. The fourth-order valence-corrected chi connectivity index (χ4v) is 1.85. The first kappa shape index (κ1) is 12.9. The minimum atomic E-state index is -1.12. The summed E-state index contributed by atoms with van der Waals surface area (Å²) in [5.74, 6) is -0.396. The van der Waals surface area contributed by atoms with Crippen molar-refractivity contribution in [1.29, 1.82) is 0 Å². The molecule has 92 valence electrons. The molecule has 0 aliphatic carbocycles. The molecule has 4 nitrogen and oxygen atoms in total. The number of benzene rings is 1. The Balaban J connectivity index is 2.30. The molecule has 1 N–H and O–H groups in total. The van der Waals surface area contributed by atoms with Gasteiger partial charge in [0.25, 0.3) is 0 Å². The molecule has 1 heterocycles. The van der Waals surface area contributed by atoms with Gasteiger partial charge < -0.3 is 9.84 Å². The highest BCUT2D eigenvalue weighted by Crippen LogP contribution is 2.25. The summed E-state index contributed by atoms with van der Waals surface area (Å²) in [6.07, 6.45) is 1.25. The number of aromatic carboxylic acids is 1. The Labute approximate surface area is 116 Å². The van der Waals surface area contributed by atoms with Crippen LogP contribution in [0.5, 0.6) is 11.6 Å². The molecule has 2 rings (SSSR count). The number of pyridine rings is 1. The van der Waals surface area contributed by atoms with E-state index in [9.17, 15) is 4.79 Å². The average molecular weight is 329 g/mol. The van der Waals surface area contributed by atoms with E-state index in [-0.39, 0.29) is 16.5 Å². The lowest BCUT2D eigenvalue weighted by Crippen LogP contribution is -1.99. The van der Waals surface area contributed by atoms with Crippen LogP contribution in [-0.4, -0.2) is 16.1 Å². The Morgan fingerprint density at radius 3 is 2.83 bits per heavy atom. The lowest BCUT2D eigenvalue weighted by molar-refractivity contribution is 0.0696. The number of carbonyl (C=O) groups is 1. The zero-order valence-corrected chi connectivity index (χ0v) is 11.3. The first-order valence-electron chi connectivity index (χ1n) is 4.88. The second-order valence-electron chi connectivity index (χ2n) is 3.37. The van der Waals surface area contributed by atoms with E-state index in [2.05, 4.69) is 20.9 Å². The first-order valence-corrected chi connectivity index (χ1v) is 6.05. The van der Waals surface area contributed by atoms with Crippen molar-refractivity contribution in [3.63, 3.8) is 0 Å². The van der Waals surface area contributed by atoms with Gasteiger partial charge in [0.05, 0.1) is 16.8 Å². The highest BCUT2D eigenvalue weighted by molar-refractivity contribution is 9.10. The molecule has 0 saturated carbocycles. The van der Waals surface area contributed by atoms with Crippen molar-refractivity contribution in [3.8, 4) is 11.6 Å². The Bertz CT molecular complexity index is 604. The molecule has 0 atom stereocenters. The highest BCUT2D eigenvalue weighted by Gasteiger charge is 2.11. The van der Waals surface area contributed by atoms with Crippen molar-refractivity contribution in [3.05, 3.63) is 51.6 Å². The third-order valence-corrected chi connectivity index (χ3v) is 2.87. The van der Waals surface area contributed by atoms with Gasteiger partial charge in [-0.05, 0) is 18.2 Å². The maximum absolute atomic E-state index is 10.9. The SMILES string of the molecule is O=C(O)c1cc(Oc2cccc(Br)c2)ncc1Cl. The van der Waals surface area contributed by atoms with E-state index in [1.807, 2.05) is 6.07 Å². The number of rotatable bonds is 3. The molecule has 0 saturated heterocycles. The third-order valence-electron chi connectivity index (χ3n) is 2.08. The third kappa shape index (κ3) is 3.00. The second kappa shape index (κ2) is 5.37. The minimum absolute atomic E-state index is 0.0448. The molecule has 18 heavy (non-hydrogen) atoms. The van der Waals surface area contributed by atoms with Gasteiger partial charge in [-0.3, -0.25) is 0 Å². The van der Waals surface area contributed by atoms with E-state index in [4.69, 9.17) is 21.4 Å². The molecule has 0 spiro atoms. The zero-order valence-electron chi connectivity index (χ0n) is 8.93. The molecule has 0 unspecified atom stereocenters. The fraction of sp³-hybridized carbons (Fsp3) is 0. The van der Waals surface area contributed by atoms with E-state index in [1.165, 1.54) is 12.3 Å². The molecular formula is C12H7BrClNO3. The van der Waals surface area contributed by atoms with E-state index < -0.39 is 5.97 Å². The lowest BCUT2D eigenvalue weighted by atomic mass is 10.3. The van der Waals surface area contributed by atoms with Crippen molar-refractivity contribution >= 4 is 33.5 Å². The first-order chi connectivity index (χ1) is 8.56. The summed E-state index contributed by atoms with van der Waals surface area (Å²) in [6, 6.07) is 8.42. The van der Waals surface area contributed by atoms with Crippen molar-refractivity contribution < 1.29 is 14.6 Å². The molecule has 0 aliphatic rings. The molecule has 0 aliphatic heterocycles. The second-order valence-corrected chi connectivity index (χ2v) is 4.69. The van der Waals surface area contributed by atoms with Crippen LogP contribution in [-0.2, 0) is 0 Å². The summed E-state index contributed by atoms with van der Waals surface area (Å²) in [6.45, 7) is 0. The van der Waals surface area contributed by atoms with Gasteiger partial charge in [0.15, 0.2) is 0 Å². The Morgan fingerprint density at radius 2 is 2.17 bits per heavy atom. The van der Waals surface area contributed by atoms with Crippen LogP contribution in [0, 0.1) is 0 Å². The Kier molecular flexibility index (Phi) is 3.84. The Morgan fingerprint density at radius 1 is 1.39 bits per heavy atom. The van der Waals surface area contributed by atoms with Crippen molar-refractivity contribution in [2.45, 2.75) is 0 Å². The predicted octanol–water partition coefficient (Wildman–Crippen LogP) is 3.99. The van der Waals surface area contributed by atoms with Gasteiger partial charge >= 0.3 is 5.97 Å². The number of aromatic nitrogens is 1. The van der Waals surface area contributed by atoms with Crippen LogP contribution in [0.25, 0.3) is 0 Å². The molecule has 6 heteroatoms. The zero-order chi connectivity index (χ0) is 13.1. The Hall–Kier alpha value is -1.59. The lowest BCUT2D eigenvalue weighted by Gasteiger charge is -2.06. The number of nitrogens with zero attached hydrogens (tertiary/aromatic N) is 1. The molecule has 0 radical (unpaired) electrons. The van der Waals surface area contributed by atoms with Gasteiger partial charge in [0.1, 0.15) is 5.75 Å². The van der Waals surface area contributed by atoms with E-state index >= 15 is 0 Å². The van der Waals surface area contributed by atoms with Gasteiger partial charge in [0, 0.05) is 10.5 Å². The van der Waals surface area contributed by atoms with Crippen molar-refractivity contribution in [1.82, 2.24) is 4.98 Å². The monoisotopic (exact) mass is 327 g/mol. The normalized spacial score (nSPS) is 10.1. The molecular weight excluding hydrogens is 321 g/mol. The number of halogens is 2. The van der Waals surface area contributed by atoms with Crippen LogP contribution < -0.4 is 4.74 Å². The van der Waals surface area contributed by atoms with Gasteiger partial charge in [-0.15, -0.1) is 0 Å². The number of ether oxygens (including phenoxy) is 1. The number of carboxylic acids is 1. The van der Waals surface area contributed by atoms with Crippen LogP contribution in [0.2, 0.25) is 5.02 Å². The molecule has 2 aromatic rings. The summed E-state index contributed by atoms with van der Waals surface area (Å²) in [4.78, 5) is 14.8. The van der Waals surface area contributed by atoms with Gasteiger partial charge in [0.2, 0.25) is 5.88 Å². The minimum Gasteiger partial charge on any atom is -0.478 e. The van der Waals surface area contributed by atoms with E-state index in [0.717, 1.165) is 4.47 Å². The molecule has 0 fully saturated rings. The molecule has 0 amide bonds. The summed E-state index contributed by atoms with van der Waals surface area (Å²) in [5, 5.41) is 9.00. The van der Waals surface area contributed by atoms with Crippen LogP contribution in [0.4, 0.5) is 0 Å². The fourth-order valence-electron chi connectivity index (χ4n) is 1.29. The van der Waals surface area contributed by atoms with Crippen LogP contribution in [0.1, 0.15) is 10.4 Å². The summed E-state index contributed by atoms with van der Waals surface area (Å²) < 4.78 is 6.30. The van der Waals surface area contributed by atoms with Crippen LogP contribution >= 0.6 is 27.5 Å². The largest absolute Gasteiger partial charge is 0.478 e. The van der Waals surface area contributed by atoms with Gasteiger partial charge in [-0.2, -0.15) is 0 Å². The summed E-state index contributed by atoms with van der Waals surface area (Å²) in [5.41, 5.74) is -0.0448.